The summed E-state index contributed by atoms with van der Waals surface area (Å²) in [4.78, 5) is 2.65. The summed E-state index contributed by atoms with van der Waals surface area (Å²) in [6, 6.07) is 2.95. The lowest BCUT2D eigenvalue weighted by Crippen LogP contribution is -2.33. The minimum absolute atomic E-state index is 0.691. The van der Waals surface area contributed by atoms with Crippen molar-refractivity contribution in [2.45, 2.75) is 32.7 Å². The third kappa shape index (κ3) is 3.80. The largest absolute Gasteiger partial charge is 0.317 e. The maximum Gasteiger partial charge on any atom is 0.0108 e. The quantitative estimate of drug-likeness (QED) is 0.837. The second-order valence-electron chi connectivity index (χ2n) is 5.14. The summed E-state index contributed by atoms with van der Waals surface area (Å²) in [7, 11) is 0. The van der Waals surface area contributed by atoms with Crippen LogP contribution in [0.3, 0.4) is 0 Å². The van der Waals surface area contributed by atoms with Crippen LogP contribution in [0.5, 0.6) is 0 Å². The zero-order valence-electron chi connectivity index (χ0n) is 11.0. The summed E-state index contributed by atoms with van der Waals surface area (Å²) >= 11 is 1.81. The summed E-state index contributed by atoms with van der Waals surface area (Å²) in [5.41, 5.74) is 1.50. The van der Waals surface area contributed by atoms with Crippen LogP contribution in [-0.4, -0.2) is 37.1 Å². The number of hydrogen-bond acceptors (Lipinski definition) is 3. The van der Waals surface area contributed by atoms with Crippen LogP contribution < -0.4 is 5.32 Å². The normalized spacial score (nSPS) is 23.1. The van der Waals surface area contributed by atoms with Crippen LogP contribution in [0.25, 0.3) is 0 Å². The maximum absolute atomic E-state index is 3.47. The summed E-state index contributed by atoms with van der Waals surface area (Å²) < 4.78 is 0. The highest BCUT2D eigenvalue weighted by molar-refractivity contribution is 7.07. The zero-order chi connectivity index (χ0) is 12.1. The van der Waals surface area contributed by atoms with Crippen LogP contribution in [-0.2, 0) is 6.42 Å². The van der Waals surface area contributed by atoms with Crippen molar-refractivity contribution in [3.63, 3.8) is 0 Å². The second-order valence-corrected chi connectivity index (χ2v) is 5.92. The number of nitrogens with one attached hydrogen (secondary N) is 1. The van der Waals surface area contributed by atoms with E-state index >= 15 is 0 Å². The van der Waals surface area contributed by atoms with E-state index in [4.69, 9.17) is 0 Å². The van der Waals surface area contributed by atoms with Gasteiger partial charge < -0.3 is 5.32 Å². The van der Waals surface area contributed by atoms with Crippen molar-refractivity contribution in [3.05, 3.63) is 22.4 Å². The van der Waals surface area contributed by atoms with Crippen molar-refractivity contribution in [1.29, 1.82) is 0 Å². The Labute approximate surface area is 109 Å². The molecule has 96 valence electrons. The van der Waals surface area contributed by atoms with Crippen LogP contribution in [0.15, 0.2) is 16.8 Å². The highest BCUT2D eigenvalue weighted by Crippen LogP contribution is 2.20. The molecule has 0 amide bonds. The van der Waals surface area contributed by atoms with Crippen LogP contribution in [0.2, 0.25) is 0 Å². The third-order valence-electron chi connectivity index (χ3n) is 3.73. The smallest absolute Gasteiger partial charge is 0.0108 e. The van der Waals surface area contributed by atoms with Gasteiger partial charge in [-0.05, 0) is 67.7 Å². The Morgan fingerprint density at radius 1 is 1.59 bits per heavy atom. The molecule has 1 aliphatic heterocycles. The highest BCUT2D eigenvalue weighted by atomic mass is 32.1. The molecule has 0 saturated carbocycles. The van der Waals surface area contributed by atoms with Gasteiger partial charge in [0.1, 0.15) is 0 Å². The Hall–Kier alpha value is -0.380. The van der Waals surface area contributed by atoms with Crippen molar-refractivity contribution < 1.29 is 0 Å². The molecular formula is C14H24N2S. The van der Waals surface area contributed by atoms with Crippen LogP contribution in [0, 0.1) is 5.92 Å². The van der Waals surface area contributed by atoms with E-state index in [0.29, 0.717) is 6.04 Å². The SMILES string of the molecule is CCNCC1CCN(C(C)Cc2ccsc2)C1. The van der Waals surface area contributed by atoms with Gasteiger partial charge in [-0.15, -0.1) is 0 Å². The Morgan fingerprint density at radius 3 is 3.18 bits per heavy atom. The first-order chi connectivity index (χ1) is 8.29. The minimum atomic E-state index is 0.691. The van der Waals surface area contributed by atoms with Gasteiger partial charge in [0.2, 0.25) is 0 Å². The molecule has 0 aromatic carbocycles. The number of nitrogens with zero attached hydrogens (tertiary/aromatic N) is 1. The fourth-order valence-corrected chi connectivity index (χ4v) is 3.34. The van der Waals surface area contributed by atoms with E-state index < -0.39 is 0 Å². The van der Waals surface area contributed by atoms with E-state index in [9.17, 15) is 0 Å². The summed E-state index contributed by atoms with van der Waals surface area (Å²) in [5, 5.41) is 7.93. The summed E-state index contributed by atoms with van der Waals surface area (Å²) in [5.74, 6) is 0.861. The molecule has 17 heavy (non-hydrogen) atoms. The fourth-order valence-electron chi connectivity index (χ4n) is 2.66. The second kappa shape index (κ2) is 6.53. The molecule has 0 radical (unpaired) electrons. The molecule has 2 nitrogen and oxygen atoms in total. The number of likely N-dealkylation sites (tertiary alicyclic amines) is 1. The molecule has 0 spiro atoms. The molecule has 1 saturated heterocycles. The standard InChI is InChI=1S/C14H24N2S/c1-3-15-9-14-4-6-16(10-14)12(2)8-13-5-7-17-11-13/h5,7,11-12,14-15H,3-4,6,8-10H2,1-2H3. The summed E-state index contributed by atoms with van der Waals surface area (Å²) in [6.07, 6.45) is 2.57. The van der Waals surface area contributed by atoms with E-state index in [2.05, 4.69) is 40.9 Å². The molecule has 2 rings (SSSR count). The van der Waals surface area contributed by atoms with Crippen molar-refractivity contribution in [2.75, 3.05) is 26.2 Å². The van der Waals surface area contributed by atoms with Crippen LogP contribution in [0.4, 0.5) is 0 Å². The highest BCUT2D eigenvalue weighted by Gasteiger charge is 2.25. The van der Waals surface area contributed by atoms with Crippen LogP contribution >= 0.6 is 11.3 Å². The lowest BCUT2D eigenvalue weighted by Gasteiger charge is -2.24. The molecule has 1 aromatic rings. The van der Waals surface area contributed by atoms with Crippen molar-refractivity contribution in [2.24, 2.45) is 5.92 Å². The van der Waals surface area contributed by atoms with Gasteiger partial charge in [-0.1, -0.05) is 6.92 Å². The molecule has 1 N–H and O–H groups in total. The molecular weight excluding hydrogens is 228 g/mol. The molecule has 1 aliphatic rings. The Balaban J connectivity index is 1.75. The number of thiophene rings is 1. The van der Waals surface area contributed by atoms with Gasteiger partial charge >= 0.3 is 0 Å². The average Bonchev–Trinajstić information content (AvgIpc) is 2.96. The topological polar surface area (TPSA) is 15.3 Å². The fraction of sp³-hybridized carbons (Fsp3) is 0.714. The van der Waals surface area contributed by atoms with Gasteiger partial charge in [-0.3, -0.25) is 4.90 Å². The zero-order valence-corrected chi connectivity index (χ0v) is 11.8. The van der Waals surface area contributed by atoms with Crippen molar-refractivity contribution >= 4 is 11.3 Å². The maximum atomic E-state index is 3.47. The van der Waals surface area contributed by atoms with E-state index in [-0.39, 0.29) is 0 Å². The predicted molar refractivity (Wildman–Crippen MR) is 75.7 cm³/mol. The van der Waals surface area contributed by atoms with E-state index in [1.54, 1.807) is 0 Å². The Morgan fingerprint density at radius 2 is 2.47 bits per heavy atom. The molecule has 3 heteroatoms. The molecule has 0 bridgehead atoms. The molecule has 2 unspecified atom stereocenters. The first-order valence-electron chi connectivity index (χ1n) is 6.75. The van der Waals surface area contributed by atoms with Gasteiger partial charge in [0, 0.05) is 12.6 Å². The Kier molecular flexibility index (Phi) is 5.01. The van der Waals surface area contributed by atoms with Crippen LogP contribution in [0.1, 0.15) is 25.8 Å². The first kappa shape index (κ1) is 13.1. The average molecular weight is 252 g/mol. The van der Waals surface area contributed by atoms with Gasteiger partial charge in [-0.2, -0.15) is 11.3 Å². The Bertz CT molecular complexity index is 310. The number of rotatable bonds is 6. The minimum Gasteiger partial charge on any atom is -0.317 e. The molecule has 0 aliphatic carbocycles. The summed E-state index contributed by atoms with van der Waals surface area (Å²) in [6.45, 7) is 9.40. The predicted octanol–water partition coefficient (Wildman–Crippen LogP) is 2.61. The van der Waals surface area contributed by atoms with E-state index in [1.165, 1.54) is 38.0 Å². The monoisotopic (exact) mass is 252 g/mol. The molecule has 1 fully saturated rings. The number of hydrogen-bond donors (Lipinski definition) is 1. The van der Waals surface area contributed by atoms with E-state index in [0.717, 1.165) is 12.5 Å². The van der Waals surface area contributed by atoms with Gasteiger partial charge in [0.15, 0.2) is 0 Å². The molecule has 2 atom stereocenters. The first-order valence-corrected chi connectivity index (χ1v) is 7.69. The van der Waals surface area contributed by atoms with Gasteiger partial charge in [0.05, 0.1) is 0 Å². The van der Waals surface area contributed by atoms with Gasteiger partial charge in [-0.25, -0.2) is 0 Å². The van der Waals surface area contributed by atoms with Crippen molar-refractivity contribution in [1.82, 2.24) is 10.2 Å². The molecule has 2 heterocycles. The molecule has 1 aromatic heterocycles. The lowest BCUT2D eigenvalue weighted by atomic mass is 10.1. The van der Waals surface area contributed by atoms with E-state index in [1.807, 2.05) is 11.3 Å². The third-order valence-corrected chi connectivity index (χ3v) is 4.47. The van der Waals surface area contributed by atoms with Gasteiger partial charge in [0.25, 0.3) is 0 Å². The van der Waals surface area contributed by atoms with Crippen molar-refractivity contribution in [3.8, 4) is 0 Å². The lowest BCUT2D eigenvalue weighted by molar-refractivity contribution is 0.247.